The first-order valence-electron chi connectivity index (χ1n) is 5.89. The molecule has 94 valence electrons. The van der Waals surface area contributed by atoms with Gasteiger partial charge in [0.2, 0.25) is 0 Å². The van der Waals surface area contributed by atoms with E-state index in [0.717, 1.165) is 11.3 Å². The van der Waals surface area contributed by atoms with Crippen LogP contribution in [0.5, 0.6) is 0 Å². The topological polar surface area (TPSA) is 65.8 Å². The highest BCUT2D eigenvalue weighted by molar-refractivity contribution is 6.04. The Kier molecular flexibility index (Phi) is 3.89. The summed E-state index contributed by atoms with van der Waals surface area (Å²) in [5, 5.41) is 11.4. The van der Waals surface area contributed by atoms with Crippen molar-refractivity contribution in [2.24, 2.45) is 0 Å². The number of nitrogens with zero attached hydrogens (tertiary/aromatic N) is 2. The fourth-order valence-electron chi connectivity index (χ4n) is 1.60. The number of hydrogen-bond acceptors (Lipinski definition) is 3. The second-order valence-corrected chi connectivity index (χ2v) is 4.17. The summed E-state index contributed by atoms with van der Waals surface area (Å²) in [5.41, 5.74) is 3.02. The van der Waals surface area contributed by atoms with Gasteiger partial charge in [0.15, 0.2) is 0 Å². The molecule has 1 aromatic heterocycles. The molecule has 0 bridgehead atoms. The maximum atomic E-state index is 11.9. The zero-order chi connectivity index (χ0) is 13.7. The quantitative estimate of drug-likeness (QED) is 0.912. The molecule has 1 amide bonds. The third kappa shape index (κ3) is 3.39. The number of anilines is 1. The number of rotatable bonds is 3. The molecule has 0 aliphatic rings. The number of hydrogen-bond donors (Lipinski definition) is 1. The van der Waals surface area contributed by atoms with E-state index < -0.39 is 0 Å². The van der Waals surface area contributed by atoms with Gasteiger partial charge in [-0.05, 0) is 36.8 Å². The van der Waals surface area contributed by atoms with Gasteiger partial charge in [-0.25, -0.2) is 0 Å². The average molecular weight is 251 g/mol. The molecule has 2 rings (SSSR count). The summed E-state index contributed by atoms with van der Waals surface area (Å²) < 4.78 is 0. The molecule has 0 atom stereocenters. The minimum Gasteiger partial charge on any atom is -0.322 e. The molecule has 0 fully saturated rings. The summed E-state index contributed by atoms with van der Waals surface area (Å²) in [6, 6.07) is 12.8. The van der Waals surface area contributed by atoms with E-state index in [1.807, 2.05) is 19.1 Å². The Hall–Kier alpha value is -2.67. The molecule has 4 heteroatoms. The summed E-state index contributed by atoms with van der Waals surface area (Å²) >= 11 is 0. The van der Waals surface area contributed by atoms with Crippen LogP contribution in [0.4, 0.5) is 5.69 Å². The Balaban J connectivity index is 2.06. The molecule has 0 aliphatic carbocycles. The molecule has 0 unspecified atom stereocenters. The van der Waals surface area contributed by atoms with Gasteiger partial charge in [0.25, 0.3) is 5.91 Å². The van der Waals surface area contributed by atoms with Crippen LogP contribution in [0.3, 0.4) is 0 Å². The van der Waals surface area contributed by atoms with Gasteiger partial charge in [0.05, 0.1) is 18.1 Å². The van der Waals surface area contributed by atoms with Crippen LogP contribution in [0.15, 0.2) is 42.6 Å². The molecule has 0 radical (unpaired) electrons. The Morgan fingerprint density at radius 2 is 2.00 bits per heavy atom. The first-order chi connectivity index (χ1) is 9.19. The van der Waals surface area contributed by atoms with Crippen molar-refractivity contribution >= 4 is 11.6 Å². The van der Waals surface area contributed by atoms with Crippen LogP contribution in [0.1, 0.15) is 21.6 Å². The van der Waals surface area contributed by atoms with Gasteiger partial charge in [-0.2, -0.15) is 5.26 Å². The fourth-order valence-corrected chi connectivity index (χ4v) is 1.60. The van der Waals surface area contributed by atoms with E-state index >= 15 is 0 Å². The smallest absolute Gasteiger partial charge is 0.257 e. The molecule has 4 nitrogen and oxygen atoms in total. The van der Waals surface area contributed by atoms with Crippen LogP contribution < -0.4 is 5.32 Å². The number of nitriles is 1. The van der Waals surface area contributed by atoms with Crippen LogP contribution in [0, 0.1) is 18.3 Å². The third-order valence-electron chi connectivity index (χ3n) is 2.67. The second-order valence-electron chi connectivity index (χ2n) is 4.17. The summed E-state index contributed by atoms with van der Waals surface area (Å²) in [6.07, 6.45) is 1.92. The van der Waals surface area contributed by atoms with Crippen molar-refractivity contribution in [3.8, 4) is 6.07 Å². The molecule has 0 saturated carbocycles. The fraction of sp³-hybridized carbons (Fsp3) is 0.133. The van der Waals surface area contributed by atoms with Crippen molar-refractivity contribution in [1.82, 2.24) is 4.98 Å². The van der Waals surface area contributed by atoms with Gasteiger partial charge >= 0.3 is 0 Å². The molecule has 1 N–H and O–H groups in total. The number of benzene rings is 1. The summed E-state index contributed by atoms with van der Waals surface area (Å²) in [4.78, 5) is 16.0. The van der Waals surface area contributed by atoms with Crippen LogP contribution >= 0.6 is 0 Å². The Morgan fingerprint density at radius 3 is 2.58 bits per heavy atom. The Bertz CT molecular complexity index is 609. The molecular formula is C15H13N3O. The van der Waals surface area contributed by atoms with Gasteiger partial charge in [-0.3, -0.25) is 9.78 Å². The maximum absolute atomic E-state index is 11.9. The SMILES string of the molecule is Cc1ccc(C(=O)Nc2ccc(CC#N)cc2)cn1. The molecule has 0 spiro atoms. The molecule has 2 aromatic rings. The van der Waals surface area contributed by atoms with Gasteiger partial charge in [-0.15, -0.1) is 0 Å². The van der Waals surface area contributed by atoms with E-state index in [9.17, 15) is 4.79 Å². The maximum Gasteiger partial charge on any atom is 0.257 e. The first kappa shape index (κ1) is 12.8. The Morgan fingerprint density at radius 1 is 1.26 bits per heavy atom. The van der Waals surface area contributed by atoms with Crippen molar-refractivity contribution in [2.75, 3.05) is 5.32 Å². The number of nitrogens with one attached hydrogen (secondary N) is 1. The minimum atomic E-state index is -0.194. The summed E-state index contributed by atoms with van der Waals surface area (Å²) in [5.74, 6) is -0.194. The second kappa shape index (κ2) is 5.78. The Labute approximate surface area is 111 Å². The van der Waals surface area contributed by atoms with Crippen molar-refractivity contribution in [1.29, 1.82) is 5.26 Å². The van der Waals surface area contributed by atoms with Gasteiger partial charge in [0.1, 0.15) is 0 Å². The lowest BCUT2D eigenvalue weighted by molar-refractivity contribution is 0.102. The molecule has 0 saturated heterocycles. The summed E-state index contributed by atoms with van der Waals surface area (Å²) in [7, 11) is 0. The van der Waals surface area contributed by atoms with E-state index in [1.54, 1.807) is 30.5 Å². The lowest BCUT2D eigenvalue weighted by Crippen LogP contribution is -2.12. The summed E-state index contributed by atoms with van der Waals surface area (Å²) in [6.45, 7) is 1.87. The highest BCUT2D eigenvalue weighted by atomic mass is 16.1. The monoisotopic (exact) mass is 251 g/mol. The number of carbonyl (C=O) groups excluding carboxylic acids is 1. The van der Waals surface area contributed by atoms with Crippen molar-refractivity contribution < 1.29 is 4.79 Å². The van der Waals surface area contributed by atoms with Crippen LogP contribution in [0.25, 0.3) is 0 Å². The number of aryl methyl sites for hydroxylation is 1. The predicted octanol–water partition coefficient (Wildman–Crippen LogP) is 2.71. The zero-order valence-electron chi connectivity index (χ0n) is 10.6. The van der Waals surface area contributed by atoms with Crippen LogP contribution in [-0.2, 0) is 6.42 Å². The van der Waals surface area contributed by atoms with Crippen molar-refractivity contribution in [2.45, 2.75) is 13.3 Å². The van der Waals surface area contributed by atoms with Gasteiger partial charge in [0, 0.05) is 17.6 Å². The molecule has 19 heavy (non-hydrogen) atoms. The highest BCUT2D eigenvalue weighted by Gasteiger charge is 2.06. The predicted molar refractivity (Wildman–Crippen MR) is 72.7 cm³/mol. The zero-order valence-corrected chi connectivity index (χ0v) is 10.6. The van der Waals surface area contributed by atoms with E-state index in [4.69, 9.17) is 5.26 Å². The number of amides is 1. The van der Waals surface area contributed by atoms with E-state index in [0.29, 0.717) is 17.7 Å². The normalized spacial score (nSPS) is 9.68. The largest absolute Gasteiger partial charge is 0.322 e. The number of carbonyl (C=O) groups is 1. The van der Waals surface area contributed by atoms with Gasteiger partial charge < -0.3 is 5.32 Å². The number of pyridine rings is 1. The van der Waals surface area contributed by atoms with E-state index in [-0.39, 0.29) is 5.91 Å². The standard InChI is InChI=1S/C15H13N3O/c1-11-2-5-13(10-17-11)15(19)18-14-6-3-12(4-7-14)8-9-16/h2-7,10H,8H2,1H3,(H,18,19). The van der Waals surface area contributed by atoms with Crippen LogP contribution in [-0.4, -0.2) is 10.9 Å². The van der Waals surface area contributed by atoms with Crippen molar-refractivity contribution in [3.63, 3.8) is 0 Å². The first-order valence-corrected chi connectivity index (χ1v) is 5.89. The highest BCUT2D eigenvalue weighted by Crippen LogP contribution is 2.11. The number of aromatic nitrogens is 1. The molecular weight excluding hydrogens is 238 g/mol. The van der Waals surface area contributed by atoms with E-state index in [2.05, 4.69) is 16.4 Å². The van der Waals surface area contributed by atoms with E-state index in [1.165, 1.54) is 0 Å². The van der Waals surface area contributed by atoms with Crippen molar-refractivity contribution in [3.05, 3.63) is 59.4 Å². The van der Waals surface area contributed by atoms with Crippen LogP contribution in [0.2, 0.25) is 0 Å². The molecule has 1 aromatic carbocycles. The lowest BCUT2D eigenvalue weighted by atomic mass is 10.1. The molecule has 0 aliphatic heterocycles. The van der Waals surface area contributed by atoms with Gasteiger partial charge in [-0.1, -0.05) is 12.1 Å². The third-order valence-corrected chi connectivity index (χ3v) is 2.67. The lowest BCUT2D eigenvalue weighted by Gasteiger charge is -2.05. The minimum absolute atomic E-state index is 0.194. The molecule has 1 heterocycles. The average Bonchev–Trinajstić information content (AvgIpc) is 2.42.